The zero-order valence-electron chi connectivity index (χ0n) is 12.1. The van der Waals surface area contributed by atoms with Crippen LogP contribution in [0.5, 0.6) is 0 Å². The topological polar surface area (TPSA) is 162 Å². The third kappa shape index (κ3) is 5.42. The molecule has 0 fully saturated rings. The van der Waals surface area contributed by atoms with E-state index in [4.69, 9.17) is 5.11 Å². The Balaban J connectivity index is 5.60. The Hall–Kier alpha value is -0.330. The van der Waals surface area contributed by atoms with Crippen LogP contribution in [0, 0.1) is 5.92 Å². The van der Waals surface area contributed by atoms with Crippen LogP contribution in [0.15, 0.2) is 0 Å². The average Bonchev–Trinajstić information content (AvgIpc) is 2.39. The summed E-state index contributed by atoms with van der Waals surface area (Å²) in [6, 6.07) is 0. The summed E-state index contributed by atoms with van der Waals surface area (Å²) in [6.07, 6.45) is -2.04. The molecular formula is C11H24NO8S-. The van der Waals surface area contributed by atoms with Gasteiger partial charge in [-0.2, -0.15) is 0 Å². The van der Waals surface area contributed by atoms with Gasteiger partial charge in [-0.05, 0) is 12.3 Å². The fraction of sp³-hybridized carbons (Fsp3) is 1.00. The first-order valence-electron chi connectivity index (χ1n) is 6.46. The molecule has 0 spiro atoms. The van der Waals surface area contributed by atoms with Crippen molar-refractivity contribution in [1.82, 2.24) is 4.90 Å². The number of nitrogens with zero attached hydrogens (tertiary/aromatic N) is 1. The Kier molecular flexibility index (Phi) is 8.21. The highest BCUT2D eigenvalue weighted by atomic mass is 32.2. The van der Waals surface area contributed by atoms with Gasteiger partial charge in [0.1, 0.15) is 16.3 Å². The van der Waals surface area contributed by atoms with Crippen LogP contribution in [0.1, 0.15) is 20.3 Å². The fourth-order valence-corrected chi connectivity index (χ4v) is 2.74. The van der Waals surface area contributed by atoms with Crippen molar-refractivity contribution in [2.45, 2.75) is 37.5 Å². The monoisotopic (exact) mass is 330 g/mol. The van der Waals surface area contributed by atoms with E-state index in [-0.39, 0.29) is 18.9 Å². The molecule has 0 aliphatic rings. The summed E-state index contributed by atoms with van der Waals surface area (Å²) < 4.78 is 32.5. The molecular weight excluding hydrogens is 306 g/mol. The third-order valence-electron chi connectivity index (χ3n) is 3.20. The van der Waals surface area contributed by atoms with Crippen molar-refractivity contribution in [3.05, 3.63) is 0 Å². The Morgan fingerprint density at radius 1 is 1.14 bits per heavy atom. The van der Waals surface area contributed by atoms with E-state index in [1.807, 2.05) is 0 Å². The molecule has 0 saturated carbocycles. The number of aliphatic hydroxyl groups excluding tert-OH is 5. The Labute approximate surface area is 124 Å². The molecule has 21 heavy (non-hydrogen) atoms. The summed E-state index contributed by atoms with van der Waals surface area (Å²) in [7, 11) is -5.20. The molecule has 0 aliphatic carbocycles. The number of β-amino-alcohol motifs (C(OH)–C–C–N with tert-alkyl or cyclic N) is 1. The van der Waals surface area contributed by atoms with E-state index in [9.17, 15) is 33.4 Å². The van der Waals surface area contributed by atoms with Crippen LogP contribution in [0.2, 0.25) is 0 Å². The molecule has 0 rings (SSSR count). The predicted molar refractivity (Wildman–Crippen MR) is 71.9 cm³/mol. The minimum Gasteiger partial charge on any atom is -0.746 e. The van der Waals surface area contributed by atoms with Crippen molar-refractivity contribution in [3.8, 4) is 0 Å². The maximum atomic E-state index is 10.8. The van der Waals surface area contributed by atoms with Crippen LogP contribution < -0.4 is 0 Å². The number of rotatable bonds is 10. The molecule has 0 radical (unpaired) electrons. The molecule has 0 saturated heterocycles. The van der Waals surface area contributed by atoms with Crippen molar-refractivity contribution in [2.24, 2.45) is 5.92 Å². The molecule has 0 aliphatic heterocycles. The standard InChI is InChI=1S/C11H25NO8S/c1-8(2)5-11(6-14,7-15)12(3-4-13)9(16)10(17)21(18,19)20/h8-10,13-17H,3-7H2,1-2H3,(H,18,19,20)/p-1. The van der Waals surface area contributed by atoms with Gasteiger partial charge in [-0.3, -0.25) is 4.90 Å². The number of aliphatic hydroxyl groups is 5. The van der Waals surface area contributed by atoms with Crippen LogP contribution in [-0.4, -0.2) is 87.0 Å². The van der Waals surface area contributed by atoms with Gasteiger partial charge in [-0.1, -0.05) is 13.8 Å². The maximum absolute atomic E-state index is 10.8. The lowest BCUT2D eigenvalue weighted by atomic mass is 9.88. The van der Waals surface area contributed by atoms with Gasteiger partial charge in [0.25, 0.3) is 0 Å². The zero-order valence-corrected chi connectivity index (χ0v) is 12.9. The summed E-state index contributed by atoms with van der Waals surface area (Å²) in [5, 5.41) is 47.5. The quantitative estimate of drug-likeness (QED) is 0.211. The first kappa shape index (κ1) is 20.7. The SMILES string of the molecule is CC(C)CC(CO)(CO)N(CCO)C(O)C(O)S(=O)(=O)[O-]. The molecule has 9 nitrogen and oxygen atoms in total. The van der Waals surface area contributed by atoms with Crippen molar-refractivity contribution < 1.29 is 38.5 Å². The lowest BCUT2D eigenvalue weighted by molar-refractivity contribution is -0.144. The second kappa shape index (κ2) is 8.34. The lowest BCUT2D eigenvalue weighted by Gasteiger charge is -2.46. The molecule has 10 heteroatoms. The first-order chi connectivity index (χ1) is 9.55. The fourth-order valence-electron chi connectivity index (χ4n) is 2.30. The van der Waals surface area contributed by atoms with Crippen LogP contribution in [0.4, 0.5) is 0 Å². The minimum absolute atomic E-state index is 0.0568. The van der Waals surface area contributed by atoms with Gasteiger partial charge >= 0.3 is 0 Å². The molecule has 0 aromatic carbocycles. The van der Waals surface area contributed by atoms with Crippen molar-refractivity contribution >= 4 is 10.1 Å². The van der Waals surface area contributed by atoms with E-state index >= 15 is 0 Å². The van der Waals surface area contributed by atoms with Crippen molar-refractivity contribution in [2.75, 3.05) is 26.4 Å². The summed E-state index contributed by atoms with van der Waals surface area (Å²) >= 11 is 0. The summed E-state index contributed by atoms with van der Waals surface area (Å²) in [5.74, 6) is -0.0568. The second-order valence-corrected chi connectivity index (χ2v) is 6.82. The molecule has 2 unspecified atom stereocenters. The highest BCUT2D eigenvalue weighted by molar-refractivity contribution is 7.86. The van der Waals surface area contributed by atoms with Crippen LogP contribution >= 0.6 is 0 Å². The summed E-state index contributed by atoms with van der Waals surface area (Å²) in [4.78, 5) is 0.840. The minimum atomic E-state index is -5.20. The Morgan fingerprint density at radius 2 is 1.62 bits per heavy atom. The zero-order chi connectivity index (χ0) is 16.8. The van der Waals surface area contributed by atoms with Crippen LogP contribution in [0.3, 0.4) is 0 Å². The van der Waals surface area contributed by atoms with Crippen LogP contribution in [-0.2, 0) is 10.1 Å². The largest absolute Gasteiger partial charge is 0.746 e. The van der Waals surface area contributed by atoms with Gasteiger partial charge < -0.3 is 30.1 Å². The van der Waals surface area contributed by atoms with E-state index in [0.29, 0.717) is 0 Å². The highest BCUT2D eigenvalue weighted by Crippen LogP contribution is 2.27. The van der Waals surface area contributed by atoms with E-state index in [2.05, 4.69) is 0 Å². The van der Waals surface area contributed by atoms with Gasteiger partial charge in [-0.25, -0.2) is 8.42 Å². The van der Waals surface area contributed by atoms with Gasteiger partial charge in [0, 0.05) is 6.54 Å². The summed E-state index contributed by atoms with van der Waals surface area (Å²) in [6.45, 7) is 1.33. The van der Waals surface area contributed by atoms with E-state index in [0.717, 1.165) is 4.90 Å². The maximum Gasteiger partial charge on any atom is 0.183 e. The summed E-state index contributed by atoms with van der Waals surface area (Å²) in [5.41, 5.74) is -4.14. The normalized spacial score (nSPS) is 16.5. The molecule has 0 aromatic heterocycles. The lowest BCUT2D eigenvalue weighted by Crippen LogP contribution is -2.63. The second-order valence-electron chi connectivity index (χ2n) is 5.35. The predicted octanol–water partition coefficient (Wildman–Crippen LogP) is -2.77. The molecule has 128 valence electrons. The Bertz CT molecular complexity index is 395. The highest BCUT2D eigenvalue weighted by Gasteiger charge is 2.43. The molecule has 0 amide bonds. The van der Waals surface area contributed by atoms with Crippen LogP contribution in [0.25, 0.3) is 0 Å². The van der Waals surface area contributed by atoms with Gasteiger partial charge in [0.15, 0.2) is 5.44 Å². The molecule has 0 aromatic rings. The molecule has 0 heterocycles. The van der Waals surface area contributed by atoms with Gasteiger partial charge in [0.2, 0.25) is 0 Å². The first-order valence-corrected chi connectivity index (χ1v) is 7.93. The number of hydrogen-bond donors (Lipinski definition) is 5. The van der Waals surface area contributed by atoms with E-state index < -0.39 is 47.1 Å². The molecule has 5 N–H and O–H groups in total. The van der Waals surface area contributed by atoms with Gasteiger partial charge in [0.05, 0.1) is 25.4 Å². The average molecular weight is 330 g/mol. The van der Waals surface area contributed by atoms with Gasteiger partial charge in [-0.15, -0.1) is 0 Å². The number of hydrogen-bond acceptors (Lipinski definition) is 9. The van der Waals surface area contributed by atoms with E-state index in [1.54, 1.807) is 13.8 Å². The van der Waals surface area contributed by atoms with E-state index in [1.165, 1.54) is 0 Å². The van der Waals surface area contributed by atoms with Crippen molar-refractivity contribution in [1.29, 1.82) is 0 Å². The molecule has 0 bridgehead atoms. The molecule has 2 atom stereocenters. The third-order valence-corrected chi connectivity index (χ3v) is 4.03. The van der Waals surface area contributed by atoms with Crippen molar-refractivity contribution in [3.63, 3.8) is 0 Å². The Morgan fingerprint density at radius 3 is 1.90 bits per heavy atom. The smallest absolute Gasteiger partial charge is 0.183 e.